The highest BCUT2D eigenvalue weighted by atomic mass is 19.4. The van der Waals surface area contributed by atoms with Crippen LogP contribution in [0.15, 0.2) is 41.2 Å². The lowest BCUT2D eigenvalue weighted by atomic mass is 10.1. The summed E-state index contributed by atoms with van der Waals surface area (Å²) in [5.74, 6) is -6.50. The molecule has 0 aliphatic carbocycles. The zero-order valence-electron chi connectivity index (χ0n) is 16.1. The van der Waals surface area contributed by atoms with Crippen molar-refractivity contribution in [1.29, 1.82) is 0 Å². The number of nitrogens with one attached hydrogen (secondary N) is 1. The average Bonchev–Trinajstić information content (AvgIpc) is 2.70. The van der Waals surface area contributed by atoms with E-state index in [4.69, 9.17) is 0 Å². The topological polar surface area (TPSA) is 86.3 Å². The SMILES string of the molecule is CN(Cc1ccc(F)cc1C(F)(F)F)C(=O)c1nc(-c2c(F)cccc2F)[nH]c(=O)c1O. The molecule has 1 amide bonds. The predicted molar refractivity (Wildman–Crippen MR) is 99.1 cm³/mol. The molecule has 0 spiro atoms. The van der Waals surface area contributed by atoms with Crippen LogP contribution in [-0.2, 0) is 12.7 Å². The van der Waals surface area contributed by atoms with Crippen LogP contribution in [0, 0.1) is 17.5 Å². The van der Waals surface area contributed by atoms with Crippen molar-refractivity contribution in [2.24, 2.45) is 0 Å². The van der Waals surface area contributed by atoms with Crippen molar-refractivity contribution in [3.63, 3.8) is 0 Å². The van der Waals surface area contributed by atoms with Gasteiger partial charge in [0.15, 0.2) is 5.69 Å². The number of aromatic nitrogens is 2. The molecule has 0 aliphatic heterocycles. The molecule has 0 radical (unpaired) electrons. The van der Waals surface area contributed by atoms with E-state index in [9.17, 15) is 41.0 Å². The molecular formula is C20H13F6N3O3. The number of amides is 1. The summed E-state index contributed by atoms with van der Waals surface area (Å²) < 4.78 is 81.0. The van der Waals surface area contributed by atoms with Crippen LogP contribution in [0.1, 0.15) is 21.6 Å². The molecule has 3 rings (SSSR count). The van der Waals surface area contributed by atoms with Crippen molar-refractivity contribution in [1.82, 2.24) is 14.9 Å². The first-order chi connectivity index (χ1) is 14.9. The molecule has 0 unspecified atom stereocenters. The number of rotatable bonds is 4. The first-order valence-corrected chi connectivity index (χ1v) is 8.79. The lowest BCUT2D eigenvalue weighted by molar-refractivity contribution is -0.138. The van der Waals surface area contributed by atoms with E-state index in [-0.39, 0.29) is 6.07 Å². The number of hydrogen-bond donors (Lipinski definition) is 2. The van der Waals surface area contributed by atoms with E-state index in [1.807, 2.05) is 4.98 Å². The quantitative estimate of drug-likeness (QED) is 0.583. The summed E-state index contributed by atoms with van der Waals surface area (Å²) >= 11 is 0. The van der Waals surface area contributed by atoms with E-state index in [1.54, 1.807) is 0 Å². The number of carbonyl (C=O) groups is 1. The number of halogens is 6. The molecule has 6 nitrogen and oxygen atoms in total. The van der Waals surface area contributed by atoms with Crippen LogP contribution >= 0.6 is 0 Å². The minimum atomic E-state index is -4.92. The van der Waals surface area contributed by atoms with Crippen LogP contribution in [0.3, 0.4) is 0 Å². The van der Waals surface area contributed by atoms with Gasteiger partial charge in [-0.2, -0.15) is 13.2 Å². The Morgan fingerprint density at radius 2 is 1.75 bits per heavy atom. The Bertz CT molecular complexity index is 1240. The van der Waals surface area contributed by atoms with E-state index >= 15 is 0 Å². The van der Waals surface area contributed by atoms with E-state index in [2.05, 4.69) is 4.98 Å². The summed E-state index contributed by atoms with van der Waals surface area (Å²) in [6.07, 6.45) is -4.92. The second kappa shape index (κ2) is 8.36. The van der Waals surface area contributed by atoms with Crippen molar-refractivity contribution in [2.45, 2.75) is 12.7 Å². The van der Waals surface area contributed by atoms with Gasteiger partial charge in [-0.25, -0.2) is 18.2 Å². The molecule has 0 atom stereocenters. The first kappa shape index (κ1) is 22.8. The van der Waals surface area contributed by atoms with Crippen LogP contribution in [0.2, 0.25) is 0 Å². The average molecular weight is 457 g/mol. The molecule has 1 aromatic heterocycles. The van der Waals surface area contributed by atoms with Crippen molar-refractivity contribution in [2.75, 3.05) is 7.05 Å². The maximum absolute atomic E-state index is 14.0. The van der Waals surface area contributed by atoms with Crippen LogP contribution < -0.4 is 5.56 Å². The lowest BCUT2D eigenvalue weighted by Gasteiger charge is -2.20. The fourth-order valence-corrected chi connectivity index (χ4v) is 2.92. The van der Waals surface area contributed by atoms with Gasteiger partial charge in [-0.15, -0.1) is 0 Å². The minimum absolute atomic E-state index is 0.260. The standard InChI is InChI=1S/C20H13F6N3O3/c1-29(8-9-5-6-10(21)7-11(9)20(24,25)26)19(32)15-16(30)18(31)28-17(27-15)14-12(22)3-2-4-13(14)23/h2-7,30H,8H2,1H3,(H,27,28,31). The predicted octanol–water partition coefficient (Wildman–Crippen LogP) is 3.85. The van der Waals surface area contributed by atoms with Crippen molar-refractivity contribution in [3.8, 4) is 17.1 Å². The first-order valence-electron chi connectivity index (χ1n) is 8.79. The maximum Gasteiger partial charge on any atom is 0.416 e. The van der Waals surface area contributed by atoms with Crippen LogP contribution in [0.4, 0.5) is 26.3 Å². The summed E-state index contributed by atoms with van der Waals surface area (Å²) in [5.41, 5.74) is -4.82. The number of hydrogen-bond acceptors (Lipinski definition) is 4. The number of alkyl halides is 3. The van der Waals surface area contributed by atoms with E-state index in [0.29, 0.717) is 4.90 Å². The van der Waals surface area contributed by atoms with Crippen molar-refractivity contribution in [3.05, 3.63) is 81.0 Å². The Kier molecular flexibility index (Phi) is 5.97. The summed E-state index contributed by atoms with van der Waals surface area (Å²) in [6, 6.07) is 4.64. The third kappa shape index (κ3) is 4.43. The van der Waals surface area contributed by atoms with Gasteiger partial charge in [0.1, 0.15) is 23.3 Å². The highest BCUT2D eigenvalue weighted by molar-refractivity contribution is 5.95. The normalized spacial score (nSPS) is 11.5. The molecule has 0 saturated carbocycles. The number of aromatic amines is 1. The Morgan fingerprint density at radius 1 is 1.12 bits per heavy atom. The van der Waals surface area contributed by atoms with E-state index in [0.717, 1.165) is 37.4 Å². The number of nitrogens with zero attached hydrogens (tertiary/aromatic N) is 2. The zero-order valence-corrected chi connectivity index (χ0v) is 16.1. The molecular weight excluding hydrogens is 444 g/mol. The molecule has 2 N–H and O–H groups in total. The van der Waals surface area contributed by atoms with Crippen molar-refractivity contribution < 1.29 is 36.2 Å². The molecule has 0 fully saturated rings. The van der Waals surface area contributed by atoms with Gasteiger partial charge in [0.25, 0.3) is 11.5 Å². The summed E-state index contributed by atoms with van der Waals surface area (Å²) in [5, 5.41) is 9.94. The molecule has 32 heavy (non-hydrogen) atoms. The molecule has 2 aromatic carbocycles. The molecule has 0 aliphatic rings. The van der Waals surface area contributed by atoms with Gasteiger partial charge in [-0.05, 0) is 29.8 Å². The Labute approximate surface area is 175 Å². The highest BCUT2D eigenvalue weighted by Crippen LogP contribution is 2.33. The zero-order chi connectivity index (χ0) is 23.8. The molecule has 0 saturated heterocycles. The Balaban J connectivity index is 2.02. The Hall–Kier alpha value is -3.83. The van der Waals surface area contributed by atoms with E-state index < -0.39 is 75.6 Å². The number of carbonyl (C=O) groups excluding carboxylic acids is 1. The fraction of sp³-hybridized carbons (Fsp3) is 0.150. The largest absolute Gasteiger partial charge is 0.501 e. The minimum Gasteiger partial charge on any atom is -0.501 e. The number of benzene rings is 2. The van der Waals surface area contributed by atoms with Crippen LogP contribution in [-0.4, -0.2) is 32.9 Å². The second-order valence-corrected chi connectivity index (χ2v) is 6.67. The molecule has 168 valence electrons. The Morgan fingerprint density at radius 3 is 2.34 bits per heavy atom. The number of H-pyrrole nitrogens is 1. The molecule has 1 heterocycles. The fourth-order valence-electron chi connectivity index (χ4n) is 2.92. The van der Waals surface area contributed by atoms with Gasteiger partial charge in [0, 0.05) is 13.6 Å². The third-order valence-electron chi connectivity index (χ3n) is 4.43. The van der Waals surface area contributed by atoms with Crippen molar-refractivity contribution >= 4 is 5.91 Å². The van der Waals surface area contributed by atoms with Gasteiger partial charge in [0.05, 0.1) is 11.1 Å². The maximum atomic E-state index is 14.0. The molecule has 3 aromatic rings. The van der Waals surface area contributed by atoms with Gasteiger partial charge in [-0.3, -0.25) is 9.59 Å². The third-order valence-corrected chi connectivity index (χ3v) is 4.43. The smallest absolute Gasteiger partial charge is 0.416 e. The summed E-state index contributed by atoms with van der Waals surface area (Å²) in [7, 11) is 1.04. The summed E-state index contributed by atoms with van der Waals surface area (Å²) in [4.78, 5) is 30.9. The lowest BCUT2D eigenvalue weighted by Crippen LogP contribution is -2.30. The van der Waals surface area contributed by atoms with Gasteiger partial charge in [-0.1, -0.05) is 12.1 Å². The van der Waals surface area contributed by atoms with E-state index in [1.165, 1.54) is 0 Å². The highest BCUT2D eigenvalue weighted by Gasteiger charge is 2.34. The monoisotopic (exact) mass is 457 g/mol. The number of aromatic hydroxyl groups is 1. The molecule has 0 bridgehead atoms. The van der Waals surface area contributed by atoms with Crippen LogP contribution in [0.25, 0.3) is 11.4 Å². The second-order valence-electron chi connectivity index (χ2n) is 6.67. The molecule has 12 heteroatoms. The van der Waals surface area contributed by atoms with Gasteiger partial charge >= 0.3 is 6.18 Å². The summed E-state index contributed by atoms with van der Waals surface area (Å²) in [6.45, 7) is -0.703. The van der Waals surface area contributed by atoms with Gasteiger partial charge < -0.3 is 15.0 Å². The van der Waals surface area contributed by atoms with Crippen LogP contribution in [0.5, 0.6) is 5.75 Å². The van der Waals surface area contributed by atoms with Gasteiger partial charge in [0.2, 0.25) is 5.75 Å².